The highest BCUT2D eigenvalue weighted by molar-refractivity contribution is 9.10. The second-order valence-electron chi connectivity index (χ2n) is 3.66. The molecule has 0 aliphatic carbocycles. The fraction of sp³-hybridized carbons (Fsp3) is 0.417. The number of thioether (sulfide) groups is 1. The van der Waals surface area contributed by atoms with E-state index in [1.165, 1.54) is 18.9 Å². The summed E-state index contributed by atoms with van der Waals surface area (Å²) in [5.74, 6) is 0.236. The number of hydrogen-bond donors (Lipinski definition) is 2. The van der Waals surface area contributed by atoms with E-state index in [4.69, 9.17) is 4.74 Å². The van der Waals surface area contributed by atoms with Crippen LogP contribution in [0.3, 0.4) is 0 Å². The van der Waals surface area contributed by atoms with E-state index in [9.17, 15) is 9.90 Å². The van der Waals surface area contributed by atoms with Gasteiger partial charge in [-0.15, -0.1) is 11.8 Å². The van der Waals surface area contributed by atoms with Crippen molar-refractivity contribution in [3.05, 3.63) is 28.7 Å². The summed E-state index contributed by atoms with van der Waals surface area (Å²) in [6.07, 6.45) is -0.656. The van der Waals surface area contributed by atoms with Crippen molar-refractivity contribution in [3.8, 4) is 0 Å². The fourth-order valence-electron chi connectivity index (χ4n) is 1.21. The van der Waals surface area contributed by atoms with E-state index in [0.29, 0.717) is 5.75 Å². The summed E-state index contributed by atoms with van der Waals surface area (Å²) in [6, 6.07) is 7.76. The lowest BCUT2D eigenvalue weighted by atomic mass is 10.4. The highest BCUT2D eigenvalue weighted by Crippen LogP contribution is 2.20. The summed E-state index contributed by atoms with van der Waals surface area (Å²) in [5, 5.41) is 12.0. The van der Waals surface area contributed by atoms with E-state index in [-0.39, 0.29) is 19.1 Å². The highest BCUT2D eigenvalue weighted by Gasteiger charge is 2.07. The first-order chi connectivity index (χ1) is 8.61. The molecule has 0 saturated carbocycles. The van der Waals surface area contributed by atoms with Crippen LogP contribution in [0.5, 0.6) is 0 Å². The Labute approximate surface area is 119 Å². The average Bonchev–Trinajstić information content (AvgIpc) is 2.36. The minimum absolute atomic E-state index is 0.0990. The number of aliphatic hydroxyl groups is 1. The zero-order valence-electron chi connectivity index (χ0n) is 10.1. The smallest absolute Gasteiger partial charge is 0.230 e. The van der Waals surface area contributed by atoms with Crippen LogP contribution in [0.15, 0.2) is 33.6 Å². The van der Waals surface area contributed by atoms with Crippen LogP contribution < -0.4 is 5.32 Å². The third-order valence-corrected chi connectivity index (χ3v) is 3.62. The van der Waals surface area contributed by atoms with E-state index in [2.05, 4.69) is 21.2 Å². The molecule has 1 aromatic carbocycles. The van der Waals surface area contributed by atoms with Gasteiger partial charge >= 0.3 is 0 Å². The summed E-state index contributed by atoms with van der Waals surface area (Å²) in [4.78, 5) is 12.5. The van der Waals surface area contributed by atoms with Crippen molar-refractivity contribution in [1.29, 1.82) is 0 Å². The van der Waals surface area contributed by atoms with Gasteiger partial charge in [0, 0.05) is 23.0 Å². The van der Waals surface area contributed by atoms with Gasteiger partial charge in [-0.2, -0.15) is 0 Å². The number of halogens is 1. The Morgan fingerprint density at radius 2 is 2.17 bits per heavy atom. The Morgan fingerprint density at radius 3 is 2.78 bits per heavy atom. The molecule has 0 spiro atoms. The van der Waals surface area contributed by atoms with Gasteiger partial charge in [-0.25, -0.2) is 0 Å². The van der Waals surface area contributed by atoms with E-state index in [1.54, 1.807) is 0 Å². The van der Waals surface area contributed by atoms with Gasteiger partial charge in [0.05, 0.1) is 18.5 Å². The van der Waals surface area contributed by atoms with Crippen LogP contribution in [0.1, 0.15) is 0 Å². The number of benzene rings is 1. The molecule has 0 saturated heterocycles. The van der Waals surface area contributed by atoms with Gasteiger partial charge in [-0.3, -0.25) is 4.79 Å². The molecule has 100 valence electrons. The van der Waals surface area contributed by atoms with Crippen LogP contribution in [0.25, 0.3) is 0 Å². The molecule has 4 nitrogen and oxygen atoms in total. The first-order valence-electron chi connectivity index (χ1n) is 5.44. The molecule has 0 fully saturated rings. The van der Waals surface area contributed by atoms with Gasteiger partial charge in [0.2, 0.25) is 5.91 Å². The second kappa shape index (κ2) is 8.53. The summed E-state index contributed by atoms with van der Waals surface area (Å²) in [6.45, 7) is 0.438. The van der Waals surface area contributed by atoms with Gasteiger partial charge in [0.15, 0.2) is 0 Å². The van der Waals surface area contributed by atoms with E-state index >= 15 is 0 Å². The van der Waals surface area contributed by atoms with Crippen molar-refractivity contribution in [2.24, 2.45) is 0 Å². The topological polar surface area (TPSA) is 58.6 Å². The van der Waals surface area contributed by atoms with E-state index in [1.807, 2.05) is 24.3 Å². The molecule has 0 radical (unpaired) electrons. The fourth-order valence-corrected chi connectivity index (χ4v) is 2.21. The van der Waals surface area contributed by atoms with Crippen LogP contribution in [-0.4, -0.2) is 43.1 Å². The number of nitrogens with one attached hydrogen (secondary N) is 1. The lowest BCUT2D eigenvalue weighted by Crippen LogP contribution is -2.35. The number of ether oxygens (including phenoxy) is 1. The number of aliphatic hydroxyl groups excluding tert-OH is 1. The van der Waals surface area contributed by atoms with Gasteiger partial charge in [0.1, 0.15) is 0 Å². The Balaban J connectivity index is 2.22. The van der Waals surface area contributed by atoms with Crippen LogP contribution in [-0.2, 0) is 9.53 Å². The number of carbonyl (C=O) groups is 1. The van der Waals surface area contributed by atoms with Crippen LogP contribution in [0.2, 0.25) is 0 Å². The first-order valence-corrected chi connectivity index (χ1v) is 7.21. The molecule has 0 aliphatic heterocycles. The lowest BCUT2D eigenvalue weighted by Gasteiger charge is -2.10. The summed E-state index contributed by atoms with van der Waals surface area (Å²) in [5.41, 5.74) is 0. The largest absolute Gasteiger partial charge is 0.389 e. The molecule has 1 amide bonds. The molecule has 0 bridgehead atoms. The SMILES string of the molecule is COCC(O)CNC(=O)CSc1ccc(Br)cc1. The van der Waals surface area contributed by atoms with Gasteiger partial charge in [0.25, 0.3) is 0 Å². The minimum Gasteiger partial charge on any atom is -0.389 e. The van der Waals surface area contributed by atoms with Crippen molar-refractivity contribution in [2.45, 2.75) is 11.0 Å². The molecule has 6 heteroatoms. The van der Waals surface area contributed by atoms with E-state index in [0.717, 1.165) is 9.37 Å². The molecule has 18 heavy (non-hydrogen) atoms. The Morgan fingerprint density at radius 1 is 1.50 bits per heavy atom. The number of hydrogen-bond acceptors (Lipinski definition) is 4. The molecule has 0 heterocycles. The van der Waals surface area contributed by atoms with Crippen molar-refractivity contribution < 1.29 is 14.6 Å². The predicted molar refractivity (Wildman–Crippen MR) is 75.8 cm³/mol. The van der Waals surface area contributed by atoms with Crippen LogP contribution in [0, 0.1) is 0 Å². The first kappa shape index (κ1) is 15.5. The number of carbonyl (C=O) groups excluding carboxylic acids is 1. The van der Waals surface area contributed by atoms with Gasteiger partial charge < -0.3 is 15.2 Å². The molecule has 0 aromatic heterocycles. The highest BCUT2D eigenvalue weighted by atomic mass is 79.9. The van der Waals surface area contributed by atoms with E-state index < -0.39 is 6.10 Å². The van der Waals surface area contributed by atoms with Gasteiger partial charge in [-0.05, 0) is 24.3 Å². The Kier molecular flexibility index (Phi) is 7.34. The molecule has 1 unspecified atom stereocenters. The van der Waals surface area contributed by atoms with Gasteiger partial charge in [-0.1, -0.05) is 15.9 Å². The zero-order valence-corrected chi connectivity index (χ0v) is 12.5. The quantitative estimate of drug-likeness (QED) is 0.745. The average molecular weight is 334 g/mol. The lowest BCUT2D eigenvalue weighted by molar-refractivity contribution is -0.119. The predicted octanol–water partition coefficient (Wildman–Crippen LogP) is 1.66. The second-order valence-corrected chi connectivity index (χ2v) is 5.62. The van der Waals surface area contributed by atoms with Crippen LogP contribution in [0.4, 0.5) is 0 Å². The summed E-state index contributed by atoms with van der Waals surface area (Å²) >= 11 is 4.81. The molecule has 1 atom stereocenters. The monoisotopic (exact) mass is 333 g/mol. The molecule has 1 aromatic rings. The van der Waals surface area contributed by atoms with Crippen molar-refractivity contribution in [1.82, 2.24) is 5.32 Å². The maximum absolute atomic E-state index is 11.5. The van der Waals surface area contributed by atoms with Crippen molar-refractivity contribution in [2.75, 3.05) is 26.0 Å². The normalized spacial score (nSPS) is 12.2. The molecule has 1 rings (SSSR count). The molecule has 2 N–H and O–H groups in total. The summed E-state index contributed by atoms with van der Waals surface area (Å²) < 4.78 is 5.78. The minimum atomic E-state index is -0.656. The molecular formula is C12H16BrNO3S. The Hall–Kier alpha value is -0.560. The zero-order chi connectivity index (χ0) is 13.4. The number of rotatable bonds is 7. The van der Waals surface area contributed by atoms with Crippen molar-refractivity contribution >= 4 is 33.6 Å². The Bertz CT molecular complexity index is 372. The third-order valence-electron chi connectivity index (χ3n) is 2.08. The van der Waals surface area contributed by atoms with Crippen LogP contribution >= 0.6 is 27.7 Å². The molecular weight excluding hydrogens is 318 g/mol. The maximum atomic E-state index is 11.5. The summed E-state index contributed by atoms with van der Waals surface area (Å²) in [7, 11) is 1.51. The number of amides is 1. The number of methoxy groups -OCH3 is 1. The molecule has 0 aliphatic rings. The third kappa shape index (κ3) is 6.39. The maximum Gasteiger partial charge on any atom is 0.230 e. The van der Waals surface area contributed by atoms with Crippen molar-refractivity contribution in [3.63, 3.8) is 0 Å². The standard InChI is InChI=1S/C12H16BrNO3S/c1-17-7-10(15)6-14-12(16)8-18-11-4-2-9(13)3-5-11/h2-5,10,15H,6-8H2,1H3,(H,14,16).